The maximum Gasteiger partial charge on any atom is 0.218 e. The fourth-order valence-corrected chi connectivity index (χ4v) is 1.08. The minimum absolute atomic E-state index is 0.166. The van der Waals surface area contributed by atoms with Gasteiger partial charge in [0.25, 0.3) is 0 Å². The standard InChI is InChI=1S/C10H10FN/c1-8-4-3-5-9(10(8)11)6-7-12-2/h3-5H,6-7H2,1H3. The first kappa shape index (κ1) is 8.73. The smallest absolute Gasteiger partial charge is 0.218 e. The van der Waals surface area contributed by atoms with Crippen molar-refractivity contribution < 1.29 is 4.39 Å². The Hall–Kier alpha value is -1.36. The summed E-state index contributed by atoms with van der Waals surface area (Å²) < 4.78 is 13.2. The van der Waals surface area contributed by atoms with E-state index < -0.39 is 0 Å². The van der Waals surface area contributed by atoms with Crippen molar-refractivity contribution in [3.8, 4) is 0 Å². The second kappa shape index (κ2) is 3.87. The molecule has 0 fully saturated rings. The topological polar surface area (TPSA) is 4.36 Å². The Balaban J connectivity index is 2.86. The van der Waals surface area contributed by atoms with Crippen molar-refractivity contribution in [2.75, 3.05) is 6.54 Å². The second-order valence-electron chi connectivity index (χ2n) is 2.68. The van der Waals surface area contributed by atoms with Gasteiger partial charge in [0, 0.05) is 6.42 Å². The molecule has 0 spiro atoms. The summed E-state index contributed by atoms with van der Waals surface area (Å²) in [5.41, 5.74) is 1.29. The summed E-state index contributed by atoms with van der Waals surface area (Å²) >= 11 is 0. The van der Waals surface area contributed by atoms with E-state index in [9.17, 15) is 4.39 Å². The molecule has 0 amide bonds. The van der Waals surface area contributed by atoms with Gasteiger partial charge in [-0.05, 0) is 18.1 Å². The third kappa shape index (κ3) is 1.82. The summed E-state index contributed by atoms with van der Waals surface area (Å²) in [7, 11) is 0. The predicted molar refractivity (Wildman–Crippen MR) is 46.3 cm³/mol. The van der Waals surface area contributed by atoms with E-state index in [1.165, 1.54) is 0 Å². The molecule has 1 aromatic rings. The first-order valence-corrected chi connectivity index (χ1v) is 3.83. The lowest BCUT2D eigenvalue weighted by Gasteiger charge is -2.00. The average molecular weight is 163 g/mol. The minimum Gasteiger partial charge on any atom is -0.317 e. The van der Waals surface area contributed by atoms with Crippen LogP contribution in [0.5, 0.6) is 0 Å². The van der Waals surface area contributed by atoms with Crippen LogP contribution in [0.25, 0.3) is 4.85 Å². The Kier molecular flexibility index (Phi) is 2.82. The lowest BCUT2D eigenvalue weighted by atomic mass is 10.1. The van der Waals surface area contributed by atoms with Crippen LogP contribution in [-0.2, 0) is 6.42 Å². The monoisotopic (exact) mass is 163 g/mol. The van der Waals surface area contributed by atoms with Gasteiger partial charge in [0.05, 0.1) is 0 Å². The van der Waals surface area contributed by atoms with Crippen LogP contribution in [0.2, 0.25) is 0 Å². The van der Waals surface area contributed by atoms with Crippen molar-refractivity contribution in [1.29, 1.82) is 0 Å². The lowest BCUT2D eigenvalue weighted by molar-refractivity contribution is 0.602. The van der Waals surface area contributed by atoms with Crippen LogP contribution in [0.3, 0.4) is 0 Å². The highest BCUT2D eigenvalue weighted by Gasteiger charge is 2.04. The van der Waals surface area contributed by atoms with Gasteiger partial charge in [0.1, 0.15) is 5.82 Å². The van der Waals surface area contributed by atoms with Gasteiger partial charge < -0.3 is 4.85 Å². The van der Waals surface area contributed by atoms with Gasteiger partial charge in [-0.1, -0.05) is 18.2 Å². The van der Waals surface area contributed by atoms with E-state index in [2.05, 4.69) is 4.85 Å². The molecule has 0 unspecified atom stereocenters. The molecule has 0 bridgehead atoms. The van der Waals surface area contributed by atoms with Crippen LogP contribution in [0.15, 0.2) is 18.2 Å². The predicted octanol–water partition coefficient (Wildman–Crippen LogP) is 2.60. The maximum atomic E-state index is 13.2. The van der Waals surface area contributed by atoms with E-state index in [1.807, 2.05) is 6.07 Å². The lowest BCUT2D eigenvalue weighted by Crippen LogP contribution is -1.94. The van der Waals surface area contributed by atoms with Crippen molar-refractivity contribution in [2.24, 2.45) is 0 Å². The van der Waals surface area contributed by atoms with Crippen LogP contribution < -0.4 is 0 Å². The van der Waals surface area contributed by atoms with Crippen LogP contribution >= 0.6 is 0 Å². The normalized spacial score (nSPS) is 9.42. The number of aryl methyl sites for hydroxylation is 1. The Morgan fingerprint density at radius 1 is 1.50 bits per heavy atom. The highest BCUT2D eigenvalue weighted by atomic mass is 19.1. The van der Waals surface area contributed by atoms with E-state index in [0.717, 1.165) is 0 Å². The Bertz CT molecular complexity index is 312. The van der Waals surface area contributed by atoms with Crippen LogP contribution in [0.1, 0.15) is 11.1 Å². The molecular weight excluding hydrogens is 153 g/mol. The van der Waals surface area contributed by atoms with Gasteiger partial charge in [-0.3, -0.25) is 0 Å². The number of benzene rings is 1. The second-order valence-corrected chi connectivity index (χ2v) is 2.68. The molecular formula is C10H10FN. The van der Waals surface area contributed by atoms with Gasteiger partial charge in [-0.25, -0.2) is 11.0 Å². The summed E-state index contributed by atoms with van der Waals surface area (Å²) in [6, 6.07) is 5.28. The quantitative estimate of drug-likeness (QED) is 0.590. The molecule has 2 heteroatoms. The van der Waals surface area contributed by atoms with Crippen molar-refractivity contribution in [3.05, 3.63) is 46.6 Å². The van der Waals surface area contributed by atoms with Crippen molar-refractivity contribution in [3.63, 3.8) is 0 Å². The number of rotatable bonds is 2. The van der Waals surface area contributed by atoms with Crippen molar-refractivity contribution >= 4 is 0 Å². The molecule has 1 nitrogen and oxygen atoms in total. The fourth-order valence-electron chi connectivity index (χ4n) is 1.08. The van der Waals surface area contributed by atoms with Crippen LogP contribution in [0, 0.1) is 19.3 Å². The molecule has 0 aliphatic rings. The number of nitrogens with zero attached hydrogens (tertiary/aromatic N) is 1. The SMILES string of the molecule is [C-]#[N+]CCc1cccc(C)c1F. The van der Waals surface area contributed by atoms with Crippen LogP contribution in [-0.4, -0.2) is 6.54 Å². The van der Waals surface area contributed by atoms with E-state index >= 15 is 0 Å². The molecule has 1 rings (SSSR count). The first-order valence-electron chi connectivity index (χ1n) is 3.83. The Morgan fingerprint density at radius 3 is 2.92 bits per heavy atom. The van der Waals surface area contributed by atoms with Crippen LogP contribution in [0.4, 0.5) is 4.39 Å². The molecule has 0 aromatic heterocycles. The third-order valence-electron chi connectivity index (χ3n) is 1.76. The zero-order valence-corrected chi connectivity index (χ0v) is 6.97. The maximum absolute atomic E-state index is 13.2. The number of halogens is 1. The number of hydrogen-bond donors (Lipinski definition) is 0. The zero-order chi connectivity index (χ0) is 8.97. The summed E-state index contributed by atoms with van der Waals surface area (Å²) in [6.07, 6.45) is 0.511. The van der Waals surface area contributed by atoms with E-state index in [-0.39, 0.29) is 5.82 Å². The molecule has 0 radical (unpaired) electrons. The van der Waals surface area contributed by atoms with E-state index in [0.29, 0.717) is 24.1 Å². The number of hydrogen-bond acceptors (Lipinski definition) is 0. The Labute approximate surface area is 71.7 Å². The largest absolute Gasteiger partial charge is 0.317 e. The molecule has 0 atom stereocenters. The third-order valence-corrected chi connectivity index (χ3v) is 1.76. The van der Waals surface area contributed by atoms with Gasteiger partial charge in [0.15, 0.2) is 0 Å². The van der Waals surface area contributed by atoms with E-state index in [1.54, 1.807) is 19.1 Å². The molecule has 0 aliphatic heterocycles. The molecule has 0 saturated heterocycles. The summed E-state index contributed by atoms with van der Waals surface area (Å²) in [5.74, 6) is -0.166. The molecule has 0 saturated carbocycles. The fraction of sp³-hybridized carbons (Fsp3) is 0.300. The summed E-state index contributed by atoms with van der Waals surface area (Å²) in [5, 5.41) is 0. The van der Waals surface area contributed by atoms with Gasteiger partial charge in [-0.2, -0.15) is 0 Å². The highest BCUT2D eigenvalue weighted by Crippen LogP contribution is 2.12. The average Bonchev–Trinajstić information content (AvgIpc) is 2.08. The molecule has 62 valence electrons. The molecule has 12 heavy (non-hydrogen) atoms. The highest BCUT2D eigenvalue weighted by molar-refractivity contribution is 5.25. The summed E-state index contributed by atoms with van der Waals surface area (Å²) in [4.78, 5) is 3.19. The molecule has 0 heterocycles. The zero-order valence-electron chi connectivity index (χ0n) is 6.97. The molecule has 0 aliphatic carbocycles. The first-order chi connectivity index (χ1) is 5.75. The van der Waals surface area contributed by atoms with Crippen molar-refractivity contribution in [1.82, 2.24) is 0 Å². The molecule has 0 N–H and O–H groups in total. The van der Waals surface area contributed by atoms with Gasteiger partial charge in [-0.15, -0.1) is 0 Å². The summed E-state index contributed by atoms with van der Waals surface area (Å²) in [6.45, 7) is 8.67. The van der Waals surface area contributed by atoms with Gasteiger partial charge >= 0.3 is 0 Å². The van der Waals surface area contributed by atoms with Gasteiger partial charge in [0.2, 0.25) is 6.54 Å². The molecule has 1 aromatic carbocycles. The minimum atomic E-state index is -0.166. The van der Waals surface area contributed by atoms with Crippen molar-refractivity contribution in [2.45, 2.75) is 13.3 Å². The van der Waals surface area contributed by atoms with E-state index in [4.69, 9.17) is 6.57 Å². The Morgan fingerprint density at radius 2 is 2.25 bits per heavy atom.